The first-order valence-corrected chi connectivity index (χ1v) is 9.94. The molecule has 0 aliphatic carbocycles. The molecule has 144 valence electrons. The van der Waals surface area contributed by atoms with Crippen LogP contribution in [0.3, 0.4) is 0 Å². The fourth-order valence-electron chi connectivity index (χ4n) is 2.94. The van der Waals surface area contributed by atoms with E-state index in [1.165, 1.54) is 18.7 Å². The molecule has 1 N–H and O–H groups in total. The van der Waals surface area contributed by atoms with E-state index in [1.54, 1.807) is 24.3 Å². The molecule has 0 fully saturated rings. The Bertz CT molecular complexity index is 1180. The second kappa shape index (κ2) is 8.28. The zero-order valence-corrected chi connectivity index (χ0v) is 16.4. The van der Waals surface area contributed by atoms with Crippen LogP contribution in [0.1, 0.15) is 17.3 Å². The number of anilines is 1. The summed E-state index contributed by atoms with van der Waals surface area (Å²) in [6, 6.07) is 20.7. The topological polar surface area (TPSA) is 85.1 Å². The van der Waals surface area contributed by atoms with Gasteiger partial charge < -0.3 is 9.73 Å². The van der Waals surface area contributed by atoms with Crippen LogP contribution in [0, 0.1) is 0 Å². The molecule has 7 heteroatoms. The first-order chi connectivity index (χ1) is 14.1. The average molecular weight is 403 g/mol. The summed E-state index contributed by atoms with van der Waals surface area (Å²) in [5, 5.41) is 13.3. The van der Waals surface area contributed by atoms with Crippen molar-refractivity contribution in [3.05, 3.63) is 72.3 Å². The van der Waals surface area contributed by atoms with Crippen molar-refractivity contribution in [2.24, 2.45) is 0 Å². The van der Waals surface area contributed by atoms with Gasteiger partial charge in [0.15, 0.2) is 5.78 Å². The standard InChI is InChI=1S/C22H17N3O3S/c1-14(26)23-17-11-9-16(10-12-17)20(27)13-29-22-25-24-21(28-22)19-8-4-6-15-5-2-3-7-18(15)19/h2-12H,13H2,1H3,(H,23,26). The van der Waals surface area contributed by atoms with Crippen LogP contribution >= 0.6 is 11.8 Å². The highest BCUT2D eigenvalue weighted by Gasteiger charge is 2.14. The van der Waals surface area contributed by atoms with E-state index in [0.717, 1.165) is 16.3 Å². The monoisotopic (exact) mass is 403 g/mol. The van der Waals surface area contributed by atoms with Gasteiger partial charge in [0.1, 0.15) is 0 Å². The molecule has 0 atom stereocenters. The van der Waals surface area contributed by atoms with E-state index < -0.39 is 0 Å². The molecule has 29 heavy (non-hydrogen) atoms. The molecule has 0 aliphatic rings. The van der Waals surface area contributed by atoms with Crippen molar-refractivity contribution in [2.45, 2.75) is 12.1 Å². The van der Waals surface area contributed by atoms with Gasteiger partial charge in [-0.25, -0.2) is 0 Å². The van der Waals surface area contributed by atoms with Crippen molar-refractivity contribution >= 4 is 39.9 Å². The summed E-state index contributed by atoms with van der Waals surface area (Å²) in [6.07, 6.45) is 0. The Morgan fingerprint density at radius 1 is 0.966 bits per heavy atom. The molecule has 0 unspecified atom stereocenters. The molecule has 0 saturated carbocycles. The number of aromatic nitrogens is 2. The number of hydrogen-bond acceptors (Lipinski definition) is 6. The maximum atomic E-state index is 12.4. The number of nitrogens with zero attached hydrogens (tertiary/aromatic N) is 2. The van der Waals surface area contributed by atoms with Gasteiger partial charge in [0.2, 0.25) is 11.8 Å². The highest BCUT2D eigenvalue weighted by molar-refractivity contribution is 7.99. The molecule has 1 aromatic heterocycles. The summed E-state index contributed by atoms with van der Waals surface area (Å²) in [5.74, 6) is 0.389. The van der Waals surface area contributed by atoms with E-state index in [1.807, 2.05) is 42.5 Å². The Kier molecular flexibility index (Phi) is 5.39. The van der Waals surface area contributed by atoms with E-state index in [2.05, 4.69) is 15.5 Å². The van der Waals surface area contributed by atoms with Crippen molar-refractivity contribution in [3.63, 3.8) is 0 Å². The SMILES string of the molecule is CC(=O)Nc1ccc(C(=O)CSc2nnc(-c3cccc4ccccc34)o2)cc1. The van der Waals surface area contributed by atoms with Crippen LogP contribution in [-0.4, -0.2) is 27.6 Å². The predicted molar refractivity (Wildman–Crippen MR) is 113 cm³/mol. The molecule has 6 nitrogen and oxygen atoms in total. The molecule has 1 amide bonds. The molecule has 1 heterocycles. The normalized spacial score (nSPS) is 10.8. The largest absolute Gasteiger partial charge is 0.411 e. The van der Waals surface area contributed by atoms with E-state index >= 15 is 0 Å². The Labute approximate surface area is 171 Å². The number of amides is 1. The third kappa shape index (κ3) is 4.35. The van der Waals surface area contributed by atoms with Gasteiger partial charge in [0.25, 0.3) is 5.22 Å². The third-order valence-electron chi connectivity index (χ3n) is 4.28. The Morgan fingerprint density at radius 3 is 2.52 bits per heavy atom. The molecule has 0 spiro atoms. The zero-order chi connectivity index (χ0) is 20.2. The molecule has 4 rings (SSSR count). The highest BCUT2D eigenvalue weighted by atomic mass is 32.2. The number of ketones is 1. The van der Waals surface area contributed by atoms with Crippen LogP contribution < -0.4 is 5.32 Å². The van der Waals surface area contributed by atoms with Crippen molar-refractivity contribution < 1.29 is 14.0 Å². The summed E-state index contributed by atoms with van der Waals surface area (Å²) in [5.41, 5.74) is 2.07. The number of benzene rings is 3. The predicted octanol–water partition coefficient (Wildman–Crippen LogP) is 4.82. The lowest BCUT2D eigenvalue weighted by molar-refractivity contribution is -0.114. The summed E-state index contributed by atoms with van der Waals surface area (Å²) in [4.78, 5) is 23.5. The van der Waals surface area contributed by atoms with Crippen molar-refractivity contribution in [2.75, 3.05) is 11.1 Å². The summed E-state index contributed by atoms with van der Waals surface area (Å²) < 4.78 is 5.77. The van der Waals surface area contributed by atoms with Gasteiger partial charge in [0, 0.05) is 23.7 Å². The van der Waals surface area contributed by atoms with Gasteiger partial charge in [-0.1, -0.05) is 48.2 Å². The summed E-state index contributed by atoms with van der Waals surface area (Å²) >= 11 is 1.20. The Hall–Kier alpha value is -3.45. The molecule has 0 radical (unpaired) electrons. The quantitative estimate of drug-likeness (QED) is 0.367. The fourth-order valence-corrected chi connectivity index (χ4v) is 3.60. The van der Waals surface area contributed by atoms with Crippen molar-refractivity contribution in [1.29, 1.82) is 0 Å². The minimum absolute atomic E-state index is 0.0608. The second-order valence-electron chi connectivity index (χ2n) is 6.37. The van der Waals surface area contributed by atoms with Crippen LogP contribution in [0.2, 0.25) is 0 Å². The minimum Gasteiger partial charge on any atom is -0.411 e. The van der Waals surface area contributed by atoms with Crippen molar-refractivity contribution in [1.82, 2.24) is 10.2 Å². The molecule has 0 saturated heterocycles. The number of carbonyl (C=O) groups excluding carboxylic acids is 2. The second-order valence-corrected chi connectivity index (χ2v) is 7.30. The van der Waals surface area contributed by atoms with Crippen molar-refractivity contribution in [3.8, 4) is 11.5 Å². The fraction of sp³-hybridized carbons (Fsp3) is 0.0909. The molecule has 0 aliphatic heterocycles. The Balaban J connectivity index is 1.44. The van der Waals surface area contributed by atoms with E-state index in [-0.39, 0.29) is 17.4 Å². The van der Waals surface area contributed by atoms with Crippen LogP contribution in [0.5, 0.6) is 0 Å². The number of Topliss-reactive ketones (excluding diaryl/α,β-unsaturated/α-hetero) is 1. The number of rotatable bonds is 6. The van der Waals surface area contributed by atoms with Gasteiger partial charge in [0.05, 0.1) is 5.75 Å². The third-order valence-corrected chi connectivity index (χ3v) is 5.10. The first kappa shape index (κ1) is 18.9. The van der Waals surface area contributed by atoms with Gasteiger partial charge >= 0.3 is 0 Å². The molecular formula is C22H17N3O3S. The molecule has 4 aromatic rings. The van der Waals surface area contributed by atoms with Crippen LogP contribution in [0.15, 0.2) is 76.4 Å². The zero-order valence-electron chi connectivity index (χ0n) is 15.6. The maximum Gasteiger partial charge on any atom is 0.277 e. The molecule has 3 aromatic carbocycles. The van der Waals surface area contributed by atoms with Crippen LogP contribution in [0.25, 0.3) is 22.2 Å². The Morgan fingerprint density at radius 2 is 1.72 bits per heavy atom. The smallest absolute Gasteiger partial charge is 0.277 e. The van der Waals surface area contributed by atoms with Gasteiger partial charge in [-0.05, 0) is 41.1 Å². The number of hydrogen-bond donors (Lipinski definition) is 1. The van der Waals surface area contributed by atoms with E-state index in [0.29, 0.717) is 22.4 Å². The van der Waals surface area contributed by atoms with Gasteiger partial charge in [-0.3, -0.25) is 9.59 Å². The van der Waals surface area contributed by atoms with E-state index in [9.17, 15) is 9.59 Å². The van der Waals surface area contributed by atoms with Gasteiger partial charge in [-0.15, -0.1) is 10.2 Å². The lowest BCUT2D eigenvalue weighted by atomic mass is 10.0. The van der Waals surface area contributed by atoms with Crippen LogP contribution in [0.4, 0.5) is 5.69 Å². The average Bonchev–Trinajstić information content (AvgIpc) is 3.20. The number of thioether (sulfide) groups is 1. The number of nitrogens with one attached hydrogen (secondary N) is 1. The highest BCUT2D eigenvalue weighted by Crippen LogP contribution is 2.29. The van der Waals surface area contributed by atoms with Gasteiger partial charge in [-0.2, -0.15) is 0 Å². The molecule has 0 bridgehead atoms. The minimum atomic E-state index is -0.155. The van der Waals surface area contributed by atoms with Crippen LogP contribution in [-0.2, 0) is 4.79 Å². The summed E-state index contributed by atoms with van der Waals surface area (Å²) in [7, 11) is 0. The summed E-state index contributed by atoms with van der Waals surface area (Å²) in [6.45, 7) is 1.44. The first-order valence-electron chi connectivity index (χ1n) is 8.95. The number of carbonyl (C=O) groups is 2. The molecular weight excluding hydrogens is 386 g/mol. The lowest BCUT2D eigenvalue weighted by Crippen LogP contribution is -2.07. The lowest BCUT2D eigenvalue weighted by Gasteiger charge is -2.03. The number of fused-ring (bicyclic) bond motifs is 1. The van der Waals surface area contributed by atoms with E-state index in [4.69, 9.17) is 4.42 Å². The maximum absolute atomic E-state index is 12.4.